The maximum absolute atomic E-state index is 14.1. The number of benzene rings is 1. The van der Waals surface area contributed by atoms with Gasteiger partial charge in [-0.05, 0) is 42.4 Å². The third-order valence-corrected chi connectivity index (χ3v) is 7.17. The summed E-state index contributed by atoms with van der Waals surface area (Å²) in [6.45, 7) is 1.15. The zero-order valence-electron chi connectivity index (χ0n) is 18.3. The Hall–Kier alpha value is -3.14. The molecular formula is C24H24F3N5O2. The van der Waals surface area contributed by atoms with E-state index in [0.29, 0.717) is 29.5 Å². The van der Waals surface area contributed by atoms with Crippen LogP contribution in [0.2, 0.25) is 0 Å². The summed E-state index contributed by atoms with van der Waals surface area (Å²) in [5, 5.41) is 3.91. The zero-order chi connectivity index (χ0) is 23.4. The van der Waals surface area contributed by atoms with Crippen molar-refractivity contribution in [2.45, 2.75) is 44.3 Å². The first-order valence-electron chi connectivity index (χ1n) is 11.5. The van der Waals surface area contributed by atoms with E-state index in [2.05, 4.69) is 15.3 Å². The Morgan fingerprint density at radius 1 is 1.21 bits per heavy atom. The molecule has 3 aromatic rings. The van der Waals surface area contributed by atoms with Crippen molar-refractivity contribution in [3.8, 4) is 0 Å². The predicted molar refractivity (Wildman–Crippen MR) is 121 cm³/mol. The van der Waals surface area contributed by atoms with Crippen molar-refractivity contribution in [3.05, 3.63) is 58.5 Å². The molecule has 4 atom stereocenters. The minimum Gasteiger partial charge on any atom is -0.376 e. The molecule has 7 nitrogen and oxygen atoms in total. The first-order chi connectivity index (χ1) is 16.4. The summed E-state index contributed by atoms with van der Waals surface area (Å²) < 4.78 is 49.4. The monoisotopic (exact) mass is 471 g/mol. The van der Waals surface area contributed by atoms with Crippen molar-refractivity contribution in [1.29, 1.82) is 0 Å². The molecule has 4 heterocycles. The van der Waals surface area contributed by atoms with Gasteiger partial charge in [0.1, 0.15) is 11.9 Å². The lowest BCUT2D eigenvalue weighted by molar-refractivity contribution is -0.153. The van der Waals surface area contributed by atoms with Crippen LogP contribution in [0.15, 0.2) is 47.4 Å². The van der Waals surface area contributed by atoms with Crippen LogP contribution in [0.4, 0.5) is 24.9 Å². The molecular weight excluding hydrogens is 447 g/mol. The first-order valence-corrected chi connectivity index (χ1v) is 11.5. The van der Waals surface area contributed by atoms with E-state index in [1.807, 2.05) is 12.1 Å². The Morgan fingerprint density at radius 2 is 2.09 bits per heavy atom. The number of halogens is 3. The van der Waals surface area contributed by atoms with Gasteiger partial charge in [-0.1, -0.05) is 18.2 Å². The van der Waals surface area contributed by atoms with Crippen LogP contribution in [0.1, 0.15) is 18.4 Å². The second-order valence-electron chi connectivity index (χ2n) is 9.30. The molecule has 1 aromatic carbocycles. The molecule has 6 rings (SSSR count). The van der Waals surface area contributed by atoms with Crippen molar-refractivity contribution >= 4 is 22.7 Å². The van der Waals surface area contributed by atoms with Gasteiger partial charge in [-0.25, -0.2) is 0 Å². The van der Waals surface area contributed by atoms with Gasteiger partial charge in [-0.3, -0.25) is 14.3 Å². The molecule has 34 heavy (non-hydrogen) atoms. The van der Waals surface area contributed by atoms with Crippen molar-refractivity contribution in [2.24, 2.45) is 11.8 Å². The fraction of sp³-hybridized carbons (Fsp3) is 0.458. The summed E-state index contributed by atoms with van der Waals surface area (Å²) in [4.78, 5) is 22.9. The van der Waals surface area contributed by atoms with Gasteiger partial charge in [0.25, 0.3) is 5.56 Å². The molecule has 1 saturated carbocycles. The molecule has 0 spiro atoms. The van der Waals surface area contributed by atoms with Crippen LogP contribution >= 0.6 is 0 Å². The summed E-state index contributed by atoms with van der Waals surface area (Å²) in [5.41, 5.74) is 1.03. The number of ether oxygens (including phenoxy) is 1. The summed E-state index contributed by atoms with van der Waals surface area (Å²) in [5.74, 6) is 1.45. The molecule has 3 aliphatic rings. The van der Waals surface area contributed by atoms with Crippen molar-refractivity contribution in [2.75, 3.05) is 23.4 Å². The largest absolute Gasteiger partial charge is 0.408 e. The van der Waals surface area contributed by atoms with E-state index in [4.69, 9.17) is 4.74 Å². The highest BCUT2D eigenvalue weighted by atomic mass is 19.4. The fourth-order valence-electron chi connectivity index (χ4n) is 5.27. The summed E-state index contributed by atoms with van der Waals surface area (Å²) in [6.07, 6.45) is -1.83. The van der Waals surface area contributed by atoms with E-state index in [1.165, 1.54) is 15.5 Å². The molecule has 0 bridgehead atoms. The maximum Gasteiger partial charge on any atom is 0.408 e. The Kier molecular flexibility index (Phi) is 5.02. The molecule has 10 heteroatoms. The first kappa shape index (κ1) is 21.4. The number of fused-ring (bicyclic) bond motifs is 3. The number of hydrogen-bond donors (Lipinski definition) is 1. The average Bonchev–Trinajstić information content (AvgIpc) is 3.49. The third-order valence-electron chi connectivity index (χ3n) is 7.17. The molecule has 1 aliphatic carbocycles. The highest BCUT2D eigenvalue weighted by molar-refractivity contribution is 5.82. The number of nitrogens with one attached hydrogen (secondary N) is 1. The molecule has 2 aliphatic heterocycles. The number of pyridine rings is 1. The molecule has 0 amide bonds. The van der Waals surface area contributed by atoms with Crippen LogP contribution in [-0.4, -0.2) is 46.0 Å². The second kappa shape index (κ2) is 7.97. The summed E-state index contributed by atoms with van der Waals surface area (Å²) >= 11 is 0. The minimum absolute atomic E-state index is 0.0288. The quantitative estimate of drug-likeness (QED) is 0.614. The number of anilines is 2. The van der Waals surface area contributed by atoms with Crippen molar-refractivity contribution < 1.29 is 17.9 Å². The highest BCUT2D eigenvalue weighted by Crippen LogP contribution is 2.48. The van der Waals surface area contributed by atoms with E-state index < -0.39 is 12.2 Å². The van der Waals surface area contributed by atoms with E-state index >= 15 is 0 Å². The Bertz CT molecular complexity index is 1290. The minimum atomic E-state index is -4.46. The molecule has 178 valence electrons. The average molecular weight is 471 g/mol. The van der Waals surface area contributed by atoms with Gasteiger partial charge in [-0.2, -0.15) is 18.2 Å². The van der Waals surface area contributed by atoms with E-state index in [-0.39, 0.29) is 42.9 Å². The van der Waals surface area contributed by atoms with Gasteiger partial charge >= 0.3 is 6.18 Å². The highest BCUT2D eigenvalue weighted by Gasteiger charge is 2.49. The Morgan fingerprint density at radius 3 is 2.85 bits per heavy atom. The van der Waals surface area contributed by atoms with Crippen LogP contribution in [0.25, 0.3) is 10.9 Å². The Labute approximate surface area is 193 Å². The number of hydrogen-bond acceptors (Lipinski definition) is 6. The Balaban J connectivity index is 1.36. The standard InChI is InChI=1S/C24H24F3N5O2/c25-24(26,27)20-6-8-31-22(33)10-21(29-11-19-17-9-15(17)13-34-19)30-23(31)32(20)12-14-3-1-5-18-16(14)4-2-7-28-18/h1-5,7,10,15,17,19-20,29H,6,8-9,11-13H2. The zero-order valence-corrected chi connectivity index (χ0v) is 18.3. The van der Waals surface area contributed by atoms with Crippen LogP contribution in [0.3, 0.4) is 0 Å². The van der Waals surface area contributed by atoms with Gasteiger partial charge in [0.2, 0.25) is 5.95 Å². The van der Waals surface area contributed by atoms with Gasteiger partial charge in [0.15, 0.2) is 0 Å². The predicted octanol–water partition coefficient (Wildman–Crippen LogP) is 3.58. The van der Waals surface area contributed by atoms with Crippen LogP contribution in [-0.2, 0) is 17.8 Å². The summed E-state index contributed by atoms with van der Waals surface area (Å²) in [6, 6.07) is 8.61. The molecule has 1 N–H and O–H groups in total. The SMILES string of the molecule is O=c1cc(NCC2OCC3CC32)nc2n1CCC(C(F)(F)F)N2Cc1cccc2ncccc12. The van der Waals surface area contributed by atoms with Gasteiger partial charge < -0.3 is 15.0 Å². The van der Waals surface area contributed by atoms with E-state index in [9.17, 15) is 18.0 Å². The number of rotatable bonds is 5. The van der Waals surface area contributed by atoms with E-state index in [1.54, 1.807) is 24.4 Å². The van der Waals surface area contributed by atoms with Crippen molar-refractivity contribution in [1.82, 2.24) is 14.5 Å². The topological polar surface area (TPSA) is 72.3 Å². The van der Waals surface area contributed by atoms with E-state index in [0.717, 1.165) is 18.4 Å². The van der Waals surface area contributed by atoms with Crippen LogP contribution < -0.4 is 15.8 Å². The van der Waals surface area contributed by atoms with Gasteiger partial charge in [-0.15, -0.1) is 0 Å². The molecule has 2 fully saturated rings. The van der Waals surface area contributed by atoms with Gasteiger partial charge in [0, 0.05) is 37.3 Å². The molecule has 1 saturated heterocycles. The normalized spacial score (nSPS) is 25.8. The fourth-order valence-corrected chi connectivity index (χ4v) is 5.27. The summed E-state index contributed by atoms with van der Waals surface area (Å²) in [7, 11) is 0. The smallest absolute Gasteiger partial charge is 0.376 e. The molecule has 4 unspecified atom stereocenters. The lowest BCUT2D eigenvalue weighted by atomic mass is 10.0. The van der Waals surface area contributed by atoms with Gasteiger partial charge in [0.05, 0.1) is 18.2 Å². The van der Waals surface area contributed by atoms with Crippen molar-refractivity contribution in [3.63, 3.8) is 0 Å². The molecule has 0 radical (unpaired) electrons. The lowest BCUT2D eigenvalue weighted by Gasteiger charge is -2.39. The number of aromatic nitrogens is 3. The van der Waals surface area contributed by atoms with Crippen LogP contribution in [0.5, 0.6) is 0 Å². The second-order valence-corrected chi connectivity index (χ2v) is 9.30. The number of nitrogens with zero attached hydrogens (tertiary/aromatic N) is 4. The molecule has 2 aromatic heterocycles. The lowest BCUT2D eigenvalue weighted by Crippen LogP contribution is -2.52. The van der Waals surface area contributed by atoms with Crippen LogP contribution in [0, 0.1) is 11.8 Å². The number of alkyl halides is 3. The third kappa shape index (κ3) is 3.79. The maximum atomic E-state index is 14.1.